The molecule has 6 heteroatoms. The first-order valence-electron chi connectivity index (χ1n) is 7.78. The normalized spacial score (nSPS) is 10.8. The SMILES string of the molecule is Nc1ccc(C(=O)C=Cc2cccnc2Nc2ccc(Cl)cc2Cl)cc1. The van der Waals surface area contributed by atoms with E-state index in [4.69, 9.17) is 28.9 Å². The molecule has 0 unspecified atom stereocenters. The lowest BCUT2D eigenvalue weighted by atomic mass is 10.1. The first kappa shape index (κ1) is 18.0. The third-order valence-corrected chi connectivity index (χ3v) is 4.18. The van der Waals surface area contributed by atoms with Crippen LogP contribution < -0.4 is 11.1 Å². The number of hydrogen-bond acceptors (Lipinski definition) is 4. The number of pyridine rings is 1. The highest BCUT2D eigenvalue weighted by atomic mass is 35.5. The van der Waals surface area contributed by atoms with E-state index < -0.39 is 0 Å². The van der Waals surface area contributed by atoms with Crippen LogP contribution in [0, 0.1) is 0 Å². The number of carbonyl (C=O) groups excluding carboxylic acids is 1. The Balaban J connectivity index is 1.82. The number of nitrogens with one attached hydrogen (secondary N) is 1. The van der Waals surface area contributed by atoms with Crippen LogP contribution in [-0.2, 0) is 0 Å². The van der Waals surface area contributed by atoms with Crippen LogP contribution in [0.25, 0.3) is 6.08 Å². The molecule has 4 nitrogen and oxygen atoms in total. The highest BCUT2D eigenvalue weighted by Gasteiger charge is 2.06. The lowest BCUT2D eigenvalue weighted by molar-refractivity contribution is 0.104. The van der Waals surface area contributed by atoms with Crippen LogP contribution in [0.5, 0.6) is 0 Å². The van der Waals surface area contributed by atoms with Gasteiger partial charge in [-0.25, -0.2) is 4.98 Å². The summed E-state index contributed by atoms with van der Waals surface area (Å²) in [6, 6.07) is 15.6. The van der Waals surface area contributed by atoms with Crippen molar-refractivity contribution in [3.05, 3.63) is 88.0 Å². The van der Waals surface area contributed by atoms with Crippen molar-refractivity contribution >= 4 is 52.3 Å². The lowest BCUT2D eigenvalue weighted by Gasteiger charge is -2.10. The van der Waals surface area contributed by atoms with Gasteiger partial charge in [0.25, 0.3) is 0 Å². The number of hydrogen-bond donors (Lipinski definition) is 2. The highest BCUT2D eigenvalue weighted by Crippen LogP contribution is 2.29. The molecule has 0 radical (unpaired) electrons. The second-order valence-electron chi connectivity index (χ2n) is 5.51. The van der Waals surface area contributed by atoms with Gasteiger partial charge in [-0.3, -0.25) is 4.79 Å². The molecule has 3 aromatic rings. The minimum Gasteiger partial charge on any atom is -0.399 e. The molecule has 0 saturated carbocycles. The fourth-order valence-electron chi connectivity index (χ4n) is 2.28. The molecule has 0 aliphatic carbocycles. The molecule has 3 N–H and O–H groups in total. The van der Waals surface area contributed by atoms with E-state index in [1.807, 2.05) is 6.07 Å². The standard InChI is InChI=1S/C20H15Cl2N3O/c21-15-6-9-18(17(22)12-15)25-20-14(2-1-11-24-20)5-10-19(26)13-3-7-16(23)8-4-13/h1-12H,23H2,(H,24,25). The average Bonchev–Trinajstić information content (AvgIpc) is 2.63. The largest absolute Gasteiger partial charge is 0.399 e. The zero-order chi connectivity index (χ0) is 18.5. The van der Waals surface area contributed by atoms with E-state index in [1.54, 1.807) is 60.8 Å². The summed E-state index contributed by atoms with van der Waals surface area (Å²) in [7, 11) is 0. The second kappa shape index (κ2) is 8.04. The minimum atomic E-state index is -0.121. The van der Waals surface area contributed by atoms with Gasteiger partial charge in [-0.2, -0.15) is 0 Å². The van der Waals surface area contributed by atoms with Gasteiger partial charge in [0.2, 0.25) is 0 Å². The van der Waals surface area contributed by atoms with Crippen LogP contribution in [0.2, 0.25) is 10.0 Å². The Bertz CT molecular complexity index is 969. The summed E-state index contributed by atoms with van der Waals surface area (Å²) in [5, 5.41) is 4.19. The van der Waals surface area contributed by atoms with Crippen molar-refractivity contribution in [2.24, 2.45) is 0 Å². The van der Waals surface area contributed by atoms with Crippen molar-refractivity contribution in [2.45, 2.75) is 0 Å². The van der Waals surface area contributed by atoms with Gasteiger partial charge in [0.05, 0.1) is 10.7 Å². The van der Waals surface area contributed by atoms with Crippen molar-refractivity contribution < 1.29 is 4.79 Å². The van der Waals surface area contributed by atoms with E-state index in [2.05, 4.69) is 10.3 Å². The molecule has 0 atom stereocenters. The van der Waals surface area contributed by atoms with Crippen LogP contribution in [0.4, 0.5) is 17.2 Å². The molecule has 1 aromatic heterocycles. The maximum absolute atomic E-state index is 12.3. The van der Waals surface area contributed by atoms with Gasteiger partial charge in [0.1, 0.15) is 5.82 Å². The summed E-state index contributed by atoms with van der Waals surface area (Å²) in [6.45, 7) is 0. The van der Waals surface area contributed by atoms with Crippen molar-refractivity contribution in [3.63, 3.8) is 0 Å². The number of benzene rings is 2. The van der Waals surface area contributed by atoms with E-state index in [9.17, 15) is 4.79 Å². The summed E-state index contributed by atoms with van der Waals surface area (Å²) in [5.74, 6) is 0.461. The third kappa shape index (κ3) is 4.42. The molecule has 0 bridgehead atoms. The van der Waals surface area contributed by atoms with Crippen molar-refractivity contribution in [1.82, 2.24) is 4.98 Å². The lowest BCUT2D eigenvalue weighted by Crippen LogP contribution is -1.98. The summed E-state index contributed by atoms with van der Waals surface area (Å²) < 4.78 is 0. The van der Waals surface area contributed by atoms with Gasteiger partial charge in [0.15, 0.2) is 5.78 Å². The fraction of sp³-hybridized carbons (Fsp3) is 0. The van der Waals surface area contributed by atoms with Crippen LogP contribution in [0.3, 0.4) is 0 Å². The minimum absolute atomic E-state index is 0.121. The first-order valence-corrected chi connectivity index (χ1v) is 8.53. The smallest absolute Gasteiger partial charge is 0.185 e. The molecule has 0 fully saturated rings. The molecule has 26 heavy (non-hydrogen) atoms. The quantitative estimate of drug-likeness (QED) is 0.341. The van der Waals surface area contributed by atoms with Gasteiger partial charge < -0.3 is 11.1 Å². The fourth-order valence-corrected chi connectivity index (χ4v) is 2.74. The summed E-state index contributed by atoms with van der Waals surface area (Å²) in [5.41, 5.74) is 8.25. The number of allylic oxidation sites excluding steroid dienone is 1. The van der Waals surface area contributed by atoms with Crippen molar-refractivity contribution in [1.29, 1.82) is 0 Å². The van der Waals surface area contributed by atoms with Gasteiger partial charge in [-0.05, 0) is 66.7 Å². The molecule has 2 aromatic carbocycles. The Morgan fingerprint density at radius 3 is 2.58 bits per heavy atom. The van der Waals surface area contributed by atoms with E-state index in [0.29, 0.717) is 32.8 Å². The predicted molar refractivity (Wildman–Crippen MR) is 108 cm³/mol. The molecule has 0 amide bonds. The molecular formula is C20H15Cl2N3O. The van der Waals surface area contributed by atoms with Crippen LogP contribution in [-0.4, -0.2) is 10.8 Å². The average molecular weight is 384 g/mol. The van der Waals surface area contributed by atoms with Crippen LogP contribution >= 0.6 is 23.2 Å². The van der Waals surface area contributed by atoms with Crippen LogP contribution in [0.1, 0.15) is 15.9 Å². The number of ketones is 1. The number of anilines is 3. The van der Waals surface area contributed by atoms with E-state index in [-0.39, 0.29) is 5.78 Å². The molecule has 130 valence electrons. The van der Waals surface area contributed by atoms with Crippen molar-refractivity contribution in [2.75, 3.05) is 11.1 Å². The number of aromatic nitrogens is 1. The van der Waals surface area contributed by atoms with E-state index in [1.165, 1.54) is 6.08 Å². The number of rotatable bonds is 5. The Morgan fingerprint density at radius 2 is 1.85 bits per heavy atom. The second-order valence-corrected chi connectivity index (χ2v) is 6.35. The highest BCUT2D eigenvalue weighted by molar-refractivity contribution is 6.36. The first-order chi connectivity index (χ1) is 12.5. The van der Waals surface area contributed by atoms with E-state index in [0.717, 1.165) is 5.56 Å². The molecule has 0 aliphatic rings. The number of nitrogens with two attached hydrogens (primary N) is 1. The third-order valence-electron chi connectivity index (χ3n) is 3.63. The summed E-state index contributed by atoms with van der Waals surface area (Å²) in [4.78, 5) is 16.6. The van der Waals surface area contributed by atoms with Gasteiger partial charge >= 0.3 is 0 Å². The maximum Gasteiger partial charge on any atom is 0.185 e. The molecule has 3 rings (SSSR count). The number of carbonyl (C=O) groups is 1. The monoisotopic (exact) mass is 383 g/mol. The van der Waals surface area contributed by atoms with Gasteiger partial charge in [-0.15, -0.1) is 0 Å². The van der Waals surface area contributed by atoms with Crippen LogP contribution in [0.15, 0.2) is 66.9 Å². The Hall–Kier alpha value is -2.82. The Kier molecular flexibility index (Phi) is 5.56. The zero-order valence-electron chi connectivity index (χ0n) is 13.6. The number of nitrogen functional groups attached to an aromatic ring is 1. The summed E-state index contributed by atoms with van der Waals surface area (Å²) in [6.07, 6.45) is 4.86. The molecule has 0 aliphatic heterocycles. The zero-order valence-corrected chi connectivity index (χ0v) is 15.1. The van der Waals surface area contributed by atoms with Gasteiger partial charge in [0, 0.05) is 28.0 Å². The molecule has 0 saturated heterocycles. The number of halogens is 2. The van der Waals surface area contributed by atoms with Crippen molar-refractivity contribution in [3.8, 4) is 0 Å². The van der Waals surface area contributed by atoms with Gasteiger partial charge in [-0.1, -0.05) is 23.2 Å². The van der Waals surface area contributed by atoms with E-state index >= 15 is 0 Å². The predicted octanol–water partition coefficient (Wildman–Crippen LogP) is 5.61. The topological polar surface area (TPSA) is 68.0 Å². The Morgan fingerprint density at radius 1 is 1.08 bits per heavy atom. The summed E-state index contributed by atoms with van der Waals surface area (Å²) >= 11 is 12.1. The molecule has 0 spiro atoms. The molecule has 1 heterocycles. The number of nitrogens with zero attached hydrogens (tertiary/aromatic N) is 1. The molecular weight excluding hydrogens is 369 g/mol. The maximum atomic E-state index is 12.3. The Labute approximate surface area is 161 Å².